The van der Waals surface area contributed by atoms with Crippen molar-refractivity contribution in [3.8, 4) is 5.69 Å². The van der Waals surface area contributed by atoms with Crippen LogP contribution >= 0.6 is 0 Å². The highest BCUT2D eigenvalue weighted by Crippen LogP contribution is 2.23. The summed E-state index contributed by atoms with van der Waals surface area (Å²) in [6.45, 7) is 2.71. The number of hydrogen-bond donors (Lipinski definition) is 2. The van der Waals surface area contributed by atoms with Crippen molar-refractivity contribution in [2.75, 3.05) is 11.4 Å². The van der Waals surface area contributed by atoms with Crippen molar-refractivity contribution >= 4 is 11.8 Å². The highest BCUT2D eigenvalue weighted by atomic mass is 16.2. The van der Waals surface area contributed by atoms with E-state index in [-0.39, 0.29) is 6.03 Å². The Kier molecular flexibility index (Phi) is 5.97. The molecule has 1 aliphatic rings. The van der Waals surface area contributed by atoms with Gasteiger partial charge in [-0.3, -0.25) is 0 Å². The van der Waals surface area contributed by atoms with Gasteiger partial charge in [0, 0.05) is 32.4 Å². The van der Waals surface area contributed by atoms with Crippen LogP contribution in [0.3, 0.4) is 0 Å². The highest BCUT2D eigenvalue weighted by Gasteiger charge is 2.16. The second-order valence-corrected chi connectivity index (χ2v) is 8.01. The molecule has 33 heavy (non-hydrogen) atoms. The summed E-state index contributed by atoms with van der Waals surface area (Å²) in [5, 5.41) is 9.87. The van der Waals surface area contributed by atoms with Crippen LogP contribution in [0.4, 0.5) is 10.6 Å². The van der Waals surface area contributed by atoms with Crippen LogP contribution in [0.1, 0.15) is 22.3 Å². The van der Waals surface area contributed by atoms with Gasteiger partial charge in [-0.15, -0.1) is 0 Å². The fourth-order valence-corrected chi connectivity index (χ4v) is 3.93. The number of hydrogen-bond acceptors (Lipinski definition) is 5. The van der Waals surface area contributed by atoms with E-state index in [1.54, 1.807) is 11.0 Å². The molecule has 0 radical (unpaired) electrons. The first kappa shape index (κ1) is 20.7. The summed E-state index contributed by atoms with van der Waals surface area (Å²) in [5.41, 5.74) is 5.67. The number of amides is 2. The summed E-state index contributed by atoms with van der Waals surface area (Å²) >= 11 is 0. The molecule has 0 atom stereocenters. The minimum absolute atomic E-state index is 0.216. The number of urea groups is 1. The van der Waals surface area contributed by atoms with Crippen molar-refractivity contribution in [3.63, 3.8) is 0 Å². The quantitative estimate of drug-likeness (QED) is 0.482. The fraction of sp³-hybridized carbons (Fsp3) is 0.200. The number of carbonyl (C=O) groups excluding carboxylic acids is 1. The molecule has 4 aromatic rings. The Morgan fingerprint density at radius 1 is 0.909 bits per heavy atom. The SMILES string of the molecule is O=C(NCc1ccc(-n2cncn2)cc1)NCc1ccc(N2CCc3ccccc3C2)nc1. The third-order valence-electron chi connectivity index (χ3n) is 5.79. The maximum atomic E-state index is 12.2. The van der Waals surface area contributed by atoms with Gasteiger partial charge < -0.3 is 15.5 Å². The average Bonchev–Trinajstić information content (AvgIpc) is 3.42. The minimum atomic E-state index is -0.216. The fourth-order valence-electron chi connectivity index (χ4n) is 3.93. The van der Waals surface area contributed by atoms with E-state index in [2.05, 4.69) is 54.9 Å². The van der Waals surface area contributed by atoms with Crippen LogP contribution in [0.15, 0.2) is 79.5 Å². The number of anilines is 1. The summed E-state index contributed by atoms with van der Waals surface area (Å²) < 4.78 is 1.69. The van der Waals surface area contributed by atoms with E-state index in [4.69, 9.17) is 0 Å². The van der Waals surface area contributed by atoms with Gasteiger partial charge in [0.1, 0.15) is 18.5 Å². The molecule has 2 N–H and O–H groups in total. The topological polar surface area (TPSA) is 88.0 Å². The molecule has 0 saturated heterocycles. The van der Waals surface area contributed by atoms with Crippen LogP contribution in [0, 0.1) is 0 Å². The van der Waals surface area contributed by atoms with E-state index >= 15 is 0 Å². The molecule has 1 aliphatic heterocycles. The normalized spacial score (nSPS) is 12.8. The zero-order valence-electron chi connectivity index (χ0n) is 18.2. The Bertz CT molecular complexity index is 1200. The molecule has 8 nitrogen and oxygen atoms in total. The largest absolute Gasteiger partial charge is 0.352 e. The molecular formula is C25H25N7O. The lowest BCUT2D eigenvalue weighted by atomic mass is 10.00. The van der Waals surface area contributed by atoms with Gasteiger partial charge in [0.2, 0.25) is 0 Å². The van der Waals surface area contributed by atoms with Crippen molar-refractivity contribution < 1.29 is 4.79 Å². The van der Waals surface area contributed by atoms with Gasteiger partial charge in [-0.1, -0.05) is 42.5 Å². The molecule has 0 aliphatic carbocycles. The molecule has 0 fully saturated rings. The summed E-state index contributed by atoms with van der Waals surface area (Å²) in [6, 6.07) is 20.2. The number of nitrogens with zero attached hydrogens (tertiary/aromatic N) is 5. The molecule has 5 rings (SSSR count). The second kappa shape index (κ2) is 9.52. The Morgan fingerprint density at radius 2 is 1.67 bits per heavy atom. The number of pyridine rings is 1. The third kappa shape index (κ3) is 5.01. The Balaban J connectivity index is 1.09. The Labute approximate surface area is 192 Å². The maximum absolute atomic E-state index is 12.2. The van der Waals surface area contributed by atoms with Gasteiger partial charge in [0.25, 0.3) is 0 Å². The molecule has 2 aromatic heterocycles. The summed E-state index contributed by atoms with van der Waals surface area (Å²) in [4.78, 5) is 23.1. The van der Waals surface area contributed by atoms with Gasteiger partial charge in [0.15, 0.2) is 0 Å². The number of carbonyl (C=O) groups is 1. The van der Waals surface area contributed by atoms with Crippen LogP contribution < -0.4 is 15.5 Å². The van der Waals surface area contributed by atoms with Crippen LogP contribution in [0.25, 0.3) is 5.69 Å². The van der Waals surface area contributed by atoms with Crippen molar-refractivity contribution in [2.45, 2.75) is 26.1 Å². The van der Waals surface area contributed by atoms with E-state index < -0.39 is 0 Å². The van der Waals surface area contributed by atoms with Gasteiger partial charge in [0.05, 0.1) is 5.69 Å². The van der Waals surface area contributed by atoms with Crippen molar-refractivity contribution in [1.82, 2.24) is 30.4 Å². The number of nitrogens with one attached hydrogen (secondary N) is 2. The first-order valence-electron chi connectivity index (χ1n) is 11.0. The van der Waals surface area contributed by atoms with Gasteiger partial charge >= 0.3 is 6.03 Å². The Morgan fingerprint density at radius 3 is 2.39 bits per heavy atom. The third-order valence-corrected chi connectivity index (χ3v) is 5.79. The zero-order chi connectivity index (χ0) is 22.5. The number of fused-ring (bicyclic) bond motifs is 1. The minimum Gasteiger partial charge on any atom is -0.352 e. The second-order valence-electron chi connectivity index (χ2n) is 8.01. The van der Waals surface area contributed by atoms with E-state index in [0.717, 1.165) is 42.1 Å². The molecular weight excluding hydrogens is 414 g/mol. The first-order valence-corrected chi connectivity index (χ1v) is 11.0. The maximum Gasteiger partial charge on any atom is 0.315 e. The van der Waals surface area contributed by atoms with E-state index in [1.807, 2.05) is 42.6 Å². The molecule has 0 bridgehead atoms. The first-order chi connectivity index (χ1) is 16.2. The standard InChI is InChI=1S/C25H25N7O/c33-25(28-13-19-5-8-23(9-6-19)32-18-26-17-30-32)29-15-20-7-10-24(27-14-20)31-12-11-21-3-1-2-4-22(21)16-31/h1-10,14,17-18H,11-13,15-16H2,(H2,28,29,33). The van der Waals surface area contributed by atoms with Crippen LogP contribution in [0.2, 0.25) is 0 Å². The van der Waals surface area contributed by atoms with Crippen LogP contribution in [0.5, 0.6) is 0 Å². The van der Waals surface area contributed by atoms with E-state index in [1.165, 1.54) is 17.5 Å². The van der Waals surface area contributed by atoms with Gasteiger partial charge in [-0.25, -0.2) is 19.4 Å². The lowest BCUT2D eigenvalue weighted by Gasteiger charge is -2.29. The zero-order valence-corrected chi connectivity index (χ0v) is 18.2. The van der Waals surface area contributed by atoms with E-state index in [9.17, 15) is 4.79 Å². The molecule has 8 heteroatoms. The van der Waals surface area contributed by atoms with Crippen LogP contribution in [-0.2, 0) is 26.1 Å². The summed E-state index contributed by atoms with van der Waals surface area (Å²) in [5.74, 6) is 0.965. The lowest BCUT2D eigenvalue weighted by Crippen LogP contribution is -2.34. The van der Waals surface area contributed by atoms with E-state index in [0.29, 0.717) is 13.1 Å². The highest BCUT2D eigenvalue weighted by molar-refractivity contribution is 5.73. The van der Waals surface area contributed by atoms with Gasteiger partial charge in [-0.05, 0) is 46.9 Å². The number of benzene rings is 2. The summed E-state index contributed by atoms with van der Waals surface area (Å²) in [6.07, 6.45) is 6.01. The molecule has 2 aromatic carbocycles. The molecule has 2 amide bonds. The van der Waals surface area contributed by atoms with Gasteiger partial charge in [-0.2, -0.15) is 5.10 Å². The number of rotatable bonds is 6. The van der Waals surface area contributed by atoms with Crippen molar-refractivity contribution in [3.05, 3.63) is 102 Å². The average molecular weight is 440 g/mol. The predicted molar refractivity (Wildman–Crippen MR) is 126 cm³/mol. The molecule has 0 saturated carbocycles. The molecule has 0 unspecified atom stereocenters. The van der Waals surface area contributed by atoms with Crippen LogP contribution in [-0.4, -0.2) is 32.3 Å². The summed E-state index contributed by atoms with van der Waals surface area (Å²) in [7, 11) is 0. The number of aromatic nitrogens is 4. The molecule has 3 heterocycles. The molecule has 166 valence electrons. The molecule has 0 spiro atoms. The van der Waals surface area contributed by atoms with Crippen molar-refractivity contribution in [1.29, 1.82) is 0 Å². The smallest absolute Gasteiger partial charge is 0.315 e. The monoisotopic (exact) mass is 439 g/mol. The van der Waals surface area contributed by atoms with Crippen molar-refractivity contribution in [2.24, 2.45) is 0 Å². The lowest BCUT2D eigenvalue weighted by molar-refractivity contribution is 0.240. The predicted octanol–water partition coefficient (Wildman–Crippen LogP) is 3.22. The Hall–Kier alpha value is -4.20.